The number of benzene rings is 1. The van der Waals surface area contributed by atoms with E-state index in [0.717, 1.165) is 12.2 Å². The summed E-state index contributed by atoms with van der Waals surface area (Å²) in [6.45, 7) is 5.07. The fourth-order valence-corrected chi connectivity index (χ4v) is 2.10. The lowest BCUT2D eigenvalue weighted by molar-refractivity contribution is 0.532. The fraction of sp³-hybridized carbons (Fsp3) is 0.308. The molecule has 0 spiro atoms. The second-order valence-electron chi connectivity index (χ2n) is 4.29. The standard InChI is InChI=1S/C13H16IN3/c1-10(2)17-9-11(8-16-17)7-15-13-5-3-4-12(14)6-13/h3-6,8-10,15H,7H2,1-2H3. The molecule has 0 aliphatic heterocycles. The second kappa shape index (κ2) is 5.53. The van der Waals surface area contributed by atoms with E-state index in [2.05, 4.69) is 77.3 Å². The largest absolute Gasteiger partial charge is 0.381 e. The first kappa shape index (κ1) is 12.4. The molecule has 90 valence electrons. The van der Waals surface area contributed by atoms with Crippen molar-refractivity contribution in [3.8, 4) is 0 Å². The van der Waals surface area contributed by atoms with E-state index in [4.69, 9.17) is 0 Å². The van der Waals surface area contributed by atoms with Gasteiger partial charge >= 0.3 is 0 Å². The minimum Gasteiger partial charge on any atom is -0.381 e. The molecule has 0 saturated heterocycles. The van der Waals surface area contributed by atoms with Crippen molar-refractivity contribution >= 4 is 28.3 Å². The SMILES string of the molecule is CC(C)n1cc(CNc2cccc(I)c2)cn1. The van der Waals surface area contributed by atoms with Gasteiger partial charge in [-0.1, -0.05) is 6.07 Å². The molecule has 1 heterocycles. The highest BCUT2D eigenvalue weighted by molar-refractivity contribution is 14.1. The Labute approximate surface area is 115 Å². The van der Waals surface area contributed by atoms with Crippen molar-refractivity contribution in [3.05, 3.63) is 45.8 Å². The zero-order valence-corrected chi connectivity index (χ0v) is 12.2. The molecule has 2 aromatic rings. The molecule has 0 radical (unpaired) electrons. The summed E-state index contributed by atoms with van der Waals surface area (Å²) in [7, 11) is 0. The van der Waals surface area contributed by atoms with Crippen molar-refractivity contribution in [2.45, 2.75) is 26.4 Å². The lowest BCUT2D eigenvalue weighted by Gasteiger charge is -2.05. The van der Waals surface area contributed by atoms with Crippen molar-refractivity contribution in [1.29, 1.82) is 0 Å². The van der Waals surface area contributed by atoms with Gasteiger partial charge in [-0.2, -0.15) is 5.10 Å². The summed E-state index contributed by atoms with van der Waals surface area (Å²) in [6.07, 6.45) is 4.01. The quantitative estimate of drug-likeness (QED) is 0.860. The number of anilines is 1. The zero-order valence-electron chi connectivity index (χ0n) is 10.0. The minimum atomic E-state index is 0.418. The summed E-state index contributed by atoms with van der Waals surface area (Å²) >= 11 is 2.32. The summed E-state index contributed by atoms with van der Waals surface area (Å²) in [5, 5.41) is 7.72. The molecular weight excluding hydrogens is 325 g/mol. The number of hydrogen-bond donors (Lipinski definition) is 1. The Balaban J connectivity index is 1.97. The van der Waals surface area contributed by atoms with Gasteiger partial charge in [-0.05, 0) is 54.6 Å². The van der Waals surface area contributed by atoms with Gasteiger partial charge < -0.3 is 5.32 Å². The molecule has 0 fully saturated rings. The van der Waals surface area contributed by atoms with Crippen LogP contribution in [0, 0.1) is 3.57 Å². The van der Waals surface area contributed by atoms with Crippen molar-refractivity contribution in [3.63, 3.8) is 0 Å². The van der Waals surface area contributed by atoms with E-state index in [1.54, 1.807) is 0 Å². The Morgan fingerprint density at radius 1 is 1.41 bits per heavy atom. The smallest absolute Gasteiger partial charge is 0.0539 e. The van der Waals surface area contributed by atoms with Gasteiger partial charge in [-0.15, -0.1) is 0 Å². The third kappa shape index (κ3) is 3.46. The number of nitrogens with one attached hydrogen (secondary N) is 1. The topological polar surface area (TPSA) is 29.9 Å². The van der Waals surface area contributed by atoms with Crippen LogP contribution in [0.25, 0.3) is 0 Å². The number of rotatable bonds is 4. The third-order valence-corrected chi connectivity index (χ3v) is 3.18. The lowest BCUT2D eigenvalue weighted by atomic mass is 10.3. The van der Waals surface area contributed by atoms with E-state index in [1.807, 2.05) is 10.9 Å². The molecule has 2 rings (SSSR count). The summed E-state index contributed by atoms with van der Waals surface area (Å²) in [5.74, 6) is 0. The van der Waals surface area contributed by atoms with Crippen molar-refractivity contribution in [1.82, 2.24) is 9.78 Å². The van der Waals surface area contributed by atoms with Crippen molar-refractivity contribution in [2.75, 3.05) is 5.32 Å². The van der Waals surface area contributed by atoms with Gasteiger partial charge in [0.15, 0.2) is 0 Å². The predicted octanol–water partition coefficient (Wildman–Crippen LogP) is 3.68. The van der Waals surface area contributed by atoms with Crippen LogP contribution in [0.15, 0.2) is 36.7 Å². The van der Waals surface area contributed by atoms with Crippen molar-refractivity contribution < 1.29 is 0 Å². The first-order chi connectivity index (χ1) is 8.15. The average Bonchev–Trinajstić information content (AvgIpc) is 2.75. The van der Waals surface area contributed by atoms with E-state index in [0.29, 0.717) is 6.04 Å². The summed E-state index contributed by atoms with van der Waals surface area (Å²) in [4.78, 5) is 0. The Hall–Kier alpha value is -1.04. The maximum Gasteiger partial charge on any atom is 0.0539 e. The van der Waals surface area contributed by atoms with Gasteiger partial charge in [0.1, 0.15) is 0 Å². The second-order valence-corrected chi connectivity index (χ2v) is 5.53. The summed E-state index contributed by atoms with van der Waals surface area (Å²) in [6, 6.07) is 8.77. The van der Waals surface area contributed by atoms with E-state index >= 15 is 0 Å². The van der Waals surface area contributed by atoms with Gasteiger partial charge in [0.05, 0.1) is 6.20 Å². The monoisotopic (exact) mass is 341 g/mol. The Bertz CT molecular complexity index is 491. The van der Waals surface area contributed by atoms with Crippen molar-refractivity contribution in [2.24, 2.45) is 0 Å². The first-order valence-electron chi connectivity index (χ1n) is 5.67. The minimum absolute atomic E-state index is 0.418. The molecule has 1 aromatic heterocycles. The van der Waals surface area contributed by atoms with Crippen LogP contribution in [-0.4, -0.2) is 9.78 Å². The molecule has 0 saturated carbocycles. The maximum absolute atomic E-state index is 4.32. The molecule has 0 atom stereocenters. The molecule has 0 unspecified atom stereocenters. The lowest BCUT2D eigenvalue weighted by Crippen LogP contribution is -2.01. The van der Waals surface area contributed by atoms with Gasteiger partial charge in [0, 0.05) is 33.6 Å². The van der Waals surface area contributed by atoms with Crippen LogP contribution in [0.1, 0.15) is 25.5 Å². The predicted molar refractivity (Wildman–Crippen MR) is 79.1 cm³/mol. The van der Waals surface area contributed by atoms with Crippen LogP contribution >= 0.6 is 22.6 Å². The zero-order chi connectivity index (χ0) is 12.3. The van der Waals surface area contributed by atoms with Gasteiger partial charge in [-0.25, -0.2) is 0 Å². The summed E-state index contributed by atoms with van der Waals surface area (Å²) in [5.41, 5.74) is 2.35. The highest BCUT2D eigenvalue weighted by Crippen LogP contribution is 2.14. The van der Waals surface area contributed by atoms with Crippen LogP contribution in [0.2, 0.25) is 0 Å². The molecule has 1 aromatic carbocycles. The Morgan fingerprint density at radius 2 is 2.24 bits per heavy atom. The average molecular weight is 341 g/mol. The third-order valence-electron chi connectivity index (χ3n) is 2.51. The van der Waals surface area contributed by atoms with Crippen LogP contribution in [0.4, 0.5) is 5.69 Å². The maximum atomic E-state index is 4.32. The number of aromatic nitrogens is 2. The molecule has 0 aliphatic carbocycles. The van der Waals surface area contributed by atoms with E-state index in [1.165, 1.54) is 9.13 Å². The first-order valence-corrected chi connectivity index (χ1v) is 6.75. The van der Waals surface area contributed by atoms with Gasteiger partial charge in [-0.3, -0.25) is 4.68 Å². The van der Waals surface area contributed by atoms with E-state index in [9.17, 15) is 0 Å². The normalized spacial score (nSPS) is 10.8. The summed E-state index contributed by atoms with van der Waals surface area (Å²) < 4.78 is 3.22. The molecule has 0 aliphatic rings. The Kier molecular flexibility index (Phi) is 4.04. The molecule has 17 heavy (non-hydrogen) atoms. The highest BCUT2D eigenvalue weighted by atomic mass is 127. The van der Waals surface area contributed by atoms with Gasteiger partial charge in [0.2, 0.25) is 0 Å². The number of nitrogens with zero attached hydrogens (tertiary/aromatic N) is 2. The molecule has 4 heteroatoms. The fourth-order valence-electron chi connectivity index (χ4n) is 1.55. The molecule has 3 nitrogen and oxygen atoms in total. The molecular formula is C13H16IN3. The van der Waals surface area contributed by atoms with Crippen LogP contribution < -0.4 is 5.32 Å². The van der Waals surface area contributed by atoms with Crippen LogP contribution in [0.5, 0.6) is 0 Å². The molecule has 1 N–H and O–H groups in total. The van der Waals surface area contributed by atoms with Gasteiger partial charge in [0.25, 0.3) is 0 Å². The molecule has 0 amide bonds. The number of halogens is 1. The van der Waals surface area contributed by atoms with E-state index in [-0.39, 0.29) is 0 Å². The van der Waals surface area contributed by atoms with Crippen LogP contribution in [-0.2, 0) is 6.54 Å². The van der Waals surface area contributed by atoms with E-state index < -0.39 is 0 Å². The number of hydrogen-bond acceptors (Lipinski definition) is 2. The highest BCUT2D eigenvalue weighted by Gasteiger charge is 2.01. The Morgan fingerprint density at radius 3 is 2.88 bits per heavy atom. The molecule has 0 bridgehead atoms. The van der Waals surface area contributed by atoms with Crippen LogP contribution in [0.3, 0.4) is 0 Å².